The van der Waals surface area contributed by atoms with Crippen LogP contribution < -0.4 is 15.0 Å². The van der Waals surface area contributed by atoms with Crippen LogP contribution in [0.3, 0.4) is 0 Å². The average Bonchev–Trinajstić information content (AvgIpc) is 3.09. The molecule has 7 nitrogen and oxygen atoms in total. The molecule has 24 heavy (non-hydrogen) atoms. The molecule has 2 aromatic rings. The molecule has 126 valence electrons. The average molecular weight is 328 g/mol. The van der Waals surface area contributed by atoms with Gasteiger partial charge in [-0.25, -0.2) is 14.8 Å². The van der Waals surface area contributed by atoms with Gasteiger partial charge in [0.05, 0.1) is 12.8 Å². The van der Waals surface area contributed by atoms with E-state index in [1.807, 2.05) is 30.3 Å². The van der Waals surface area contributed by atoms with E-state index >= 15 is 0 Å². The Balaban J connectivity index is 1.75. The van der Waals surface area contributed by atoms with E-state index in [0.29, 0.717) is 12.5 Å². The fourth-order valence-corrected chi connectivity index (χ4v) is 2.92. The van der Waals surface area contributed by atoms with Gasteiger partial charge in [-0.05, 0) is 30.5 Å². The van der Waals surface area contributed by atoms with Crippen molar-refractivity contribution in [3.8, 4) is 17.0 Å². The molecule has 3 rings (SSSR count). The van der Waals surface area contributed by atoms with E-state index in [1.165, 1.54) is 0 Å². The van der Waals surface area contributed by atoms with Crippen molar-refractivity contribution in [2.45, 2.75) is 6.42 Å². The van der Waals surface area contributed by atoms with E-state index < -0.39 is 6.09 Å². The summed E-state index contributed by atoms with van der Waals surface area (Å²) >= 11 is 0. The highest BCUT2D eigenvalue weighted by Crippen LogP contribution is 2.29. The zero-order valence-electron chi connectivity index (χ0n) is 13.5. The molecule has 0 saturated carbocycles. The quantitative estimate of drug-likeness (QED) is 0.875. The maximum Gasteiger partial charge on any atom is 0.404 e. The molecule has 0 radical (unpaired) electrons. The van der Waals surface area contributed by atoms with Gasteiger partial charge in [0, 0.05) is 31.4 Å². The zero-order valence-corrected chi connectivity index (χ0v) is 13.5. The van der Waals surface area contributed by atoms with Crippen LogP contribution in [0.2, 0.25) is 0 Å². The predicted octanol–water partition coefficient (Wildman–Crippen LogP) is 2.25. The third kappa shape index (κ3) is 3.56. The lowest BCUT2D eigenvalue weighted by molar-refractivity contribution is 0.192. The summed E-state index contributed by atoms with van der Waals surface area (Å²) in [7, 11) is 1.64. The Morgan fingerprint density at radius 3 is 3.04 bits per heavy atom. The summed E-state index contributed by atoms with van der Waals surface area (Å²) in [5.74, 6) is 1.71. The number of nitrogens with one attached hydrogen (secondary N) is 1. The second-order valence-corrected chi connectivity index (χ2v) is 5.73. The minimum absolute atomic E-state index is 0.277. The molecule has 0 bridgehead atoms. The Labute approximate surface area is 140 Å². The van der Waals surface area contributed by atoms with E-state index in [-0.39, 0.29) is 5.92 Å². The molecule has 2 heterocycles. The number of rotatable bonds is 5. The van der Waals surface area contributed by atoms with Crippen LogP contribution in [0.5, 0.6) is 5.75 Å². The van der Waals surface area contributed by atoms with Crippen LogP contribution in [0.4, 0.5) is 10.7 Å². The molecule has 1 aliphatic heterocycles. The van der Waals surface area contributed by atoms with Crippen molar-refractivity contribution in [3.63, 3.8) is 0 Å². The molecular formula is C17H20N4O3. The number of methoxy groups -OCH3 is 1. The summed E-state index contributed by atoms with van der Waals surface area (Å²) in [5.41, 5.74) is 1.73. The number of benzene rings is 1. The predicted molar refractivity (Wildman–Crippen MR) is 90.4 cm³/mol. The number of hydrogen-bond donors (Lipinski definition) is 2. The van der Waals surface area contributed by atoms with Crippen LogP contribution in [-0.4, -0.2) is 47.9 Å². The molecule has 1 fully saturated rings. The highest BCUT2D eigenvalue weighted by molar-refractivity contribution is 5.67. The second-order valence-electron chi connectivity index (χ2n) is 5.73. The van der Waals surface area contributed by atoms with Crippen LogP contribution >= 0.6 is 0 Å². The second kappa shape index (κ2) is 7.16. The largest absolute Gasteiger partial charge is 0.496 e. The molecule has 0 aliphatic carbocycles. The molecular weight excluding hydrogens is 308 g/mol. The van der Waals surface area contributed by atoms with Gasteiger partial charge in [0.25, 0.3) is 0 Å². The van der Waals surface area contributed by atoms with Crippen molar-refractivity contribution in [2.24, 2.45) is 5.92 Å². The van der Waals surface area contributed by atoms with Gasteiger partial charge >= 0.3 is 6.09 Å². The van der Waals surface area contributed by atoms with Crippen LogP contribution in [-0.2, 0) is 0 Å². The van der Waals surface area contributed by atoms with E-state index in [1.54, 1.807) is 13.3 Å². The molecule has 1 unspecified atom stereocenters. The molecule has 1 saturated heterocycles. The lowest BCUT2D eigenvalue weighted by atomic mass is 10.1. The minimum Gasteiger partial charge on any atom is -0.496 e. The number of anilines is 1. The van der Waals surface area contributed by atoms with Gasteiger partial charge in [-0.1, -0.05) is 12.1 Å². The lowest BCUT2D eigenvalue weighted by Crippen LogP contribution is -2.30. The number of nitrogens with zero attached hydrogens (tertiary/aromatic N) is 3. The van der Waals surface area contributed by atoms with Crippen molar-refractivity contribution in [1.82, 2.24) is 15.3 Å². The molecule has 1 atom stereocenters. The Bertz CT molecular complexity index is 722. The number of amides is 1. The normalized spacial score (nSPS) is 16.9. The third-order valence-electron chi connectivity index (χ3n) is 4.14. The van der Waals surface area contributed by atoms with Crippen LogP contribution in [0, 0.1) is 5.92 Å². The standard InChI is InChI=1S/C17H20N4O3/c1-24-15-5-3-2-4-13(15)14-6-8-18-16(20-14)21-9-7-12(11-21)10-19-17(22)23/h2-6,8,12,19H,7,9-11H2,1H3,(H,22,23). The lowest BCUT2D eigenvalue weighted by Gasteiger charge is -2.17. The highest BCUT2D eigenvalue weighted by atomic mass is 16.5. The molecule has 1 aliphatic rings. The molecule has 1 aromatic carbocycles. The van der Waals surface area contributed by atoms with Crippen LogP contribution in [0.1, 0.15) is 6.42 Å². The Morgan fingerprint density at radius 2 is 2.25 bits per heavy atom. The van der Waals surface area contributed by atoms with Gasteiger partial charge in [0.2, 0.25) is 5.95 Å². The summed E-state index contributed by atoms with van der Waals surface area (Å²) in [6, 6.07) is 9.60. The number of ether oxygens (including phenoxy) is 1. The van der Waals surface area contributed by atoms with Crippen molar-refractivity contribution in [3.05, 3.63) is 36.5 Å². The summed E-state index contributed by atoms with van der Waals surface area (Å²) in [6.45, 7) is 2.02. The van der Waals surface area contributed by atoms with E-state index in [2.05, 4.69) is 20.2 Å². The van der Waals surface area contributed by atoms with Gasteiger partial charge in [0.15, 0.2) is 0 Å². The smallest absolute Gasteiger partial charge is 0.404 e. The van der Waals surface area contributed by atoms with Gasteiger partial charge in [0.1, 0.15) is 5.75 Å². The van der Waals surface area contributed by atoms with Crippen molar-refractivity contribution in [2.75, 3.05) is 31.6 Å². The first-order valence-corrected chi connectivity index (χ1v) is 7.85. The van der Waals surface area contributed by atoms with E-state index in [4.69, 9.17) is 9.84 Å². The van der Waals surface area contributed by atoms with Gasteiger partial charge < -0.3 is 20.1 Å². The first kappa shape index (κ1) is 16.0. The van der Waals surface area contributed by atoms with Crippen molar-refractivity contribution in [1.29, 1.82) is 0 Å². The zero-order chi connectivity index (χ0) is 16.9. The van der Waals surface area contributed by atoms with Crippen LogP contribution in [0.15, 0.2) is 36.5 Å². The number of carbonyl (C=O) groups is 1. The molecule has 1 amide bonds. The molecule has 1 aromatic heterocycles. The fraction of sp³-hybridized carbons (Fsp3) is 0.353. The maximum atomic E-state index is 10.6. The maximum absolute atomic E-state index is 10.6. The number of hydrogen-bond acceptors (Lipinski definition) is 5. The van der Waals surface area contributed by atoms with Gasteiger partial charge in [-0.15, -0.1) is 0 Å². The first-order chi connectivity index (χ1) is 11.7. The molecule has 7 heteroatoms. The summed E-state index contributed by atoms with van der Waals surface area (Å²) in [4.78, 5) is 21.7. The molecule has 0 spiro atoms. The Hall–Kier alpha value is -2.83. The van der Waals surface area contributed by atoms with Gasteiger partial charge in [-0.3, -0.25) is 0 Å². The first-order valence-electron chi connectivity index (χ1n) is 7.85. The van der Waals surface area contributed by atoms with Crippen molar-refractivity contribution >= 4 is 12.0 Å². The number of para-hydroxylation sites is 1. The fourth-order valence-electron chi connectivity index (χ4n) is 2.92. The van der Waals surface area contributed by atoms with Crippen molar-refractivity contribution < 1.29 is 14.6 Å². The van der Waals surface area contributed by atoms with Gasteiger partial charge in [-0.2, -0.15) is 0 Å². The summed E-state index contributed by atoms with van der Waals surface area (Å²) in [5, 5.41) is 11.2. The summed E-state index contributed by atoms with van der Waals surface area (Å²) in [6.07, 6.45) is 1.68. The number of carboxylic acid groups (broad SMARTS) is 1. The SMILES string of the molecule is COc1ccccc1-c1ccnc(N2CCC(CNC(=O)O)C2)n1. The molecule has 2 N–H and O–H groups in total. The minimum atomic E-state index is -0.983. The number of aromatic nitrogens is 2. The Morgan fingerprint density at radius 1 is 1.42 bits per heavy atom. The highest BCUT2D eigenvalue weighted by Gasteiger charge is 2.25. The topological polar surface area (TPSA) is 87.6 Å². The van der Waals surface area contributed by atoms with E-state index in [0.717, 1.165) is 36.5 Å². The monoisotopic (exact) mass is 328 g/mol. The third-order valence-corrected chi connectivity index (χ3v) is 4.14. The van der Waals surface area contributed by atoms with Crippen LogP contribution in [0.25, 0.3) is 11.3 Å². The van der Waals surface area contributed by atoms with E-state index in [9.17, 15) is 4.79 Å². The summed E-state index contributed by atoms with van der Waals surface area (Å²) < 4.78 is 5.40. The Kier molecular flexibility index (Phi) is 4.79.